The highest BCUT2D eigenvalue weighted by atomic mass is 32.1. The molecule has 2 aromatic rings. The maximum absolute atomic E-state index is 5.50. The molecule has 0 unspecified atom stereocenters. The van der Waals surface area contributed by atoms with E-state index < -0.39 is 0 Å². The second-order valence-electron chi connectivity index (χ2n) is 3.29. The van der Waals surface area contributed by atoms with Crippen LogP contribution < -0.4 is 11.1 Å². The van der Waals surface area contributed by atoms with Gasteiger partial charge in [0.1, 0.15) is 16.9 Å². The predicted octanol–water partition coefficient (Wildman–Crippen LogP) is 1.92. The van der Waals surface area contributed by atoms with Gasteiger partial charge >= 0.3 is 0 Å². The molecular weight excluding hydrogens is 222 g/mol. The fourth-order valence-corrected chi connectivity index (χ4v) is 1.41. The van der Waals surface area contributed by atoms with Crippen molar-refractivity contribution in [3.8, 4) is 0 Å². The van der Waals surface area contributed by atoms with E-state index in [0.717, 1.165) is 16.9 Å². The second kappa shape index (κ2) is 4.76. The minimum absolute atomic E-state index is 0.406. The lowest BCUT2D eigenvalue weighted by molar-refractivity contribution is 0.412. The lowest BCUT2D eigenvalue weighted by Crippen LogP contribution is -2.09. The lowest BCUT2D eigenvalue weighted by atomic mass is 10.2. The lowest BCUT2D eigenvalue weighted by Gasteiger charge is -2.04. The van der Waals surface area contributed by atoms with Crippen molar-refractivity contribution in [3.05, 3.63) is 47.9 Å². The number of nitrogens with zero attached hydrogens (tertiary/aromatic N) is 1. The van der Waals surface area contributed by atoms with Crippen LogP contribution in [0, 0.1) is 0 Å². The molecule has 0 radical (unpaired) electrons. The number of anilines is 1. The van der Waals surface area contributed by atoms with Crippen LogP contribution >= 0.6 is 12.2 Å². The van der Waals surface area contributed by atoms with Gasteiger partial charge in [-0.05, 0) is 24.3 Å². The molecule has 0 saturated heterocycles. The topological polar surface area (TPSA) is 64.1 Å². The highest BCUT2D eigenvalue weighted by Gasteiger charge is 1.98. The molecule has 2 rings (SSSR count). The molecule has 1 heterocycles. The summed E-state index contributed by atoms with van der Waals surface area (Å²) in [5.41, 5.74) is 8.22. The molecule has 0 bridgehead atoms. The Kier molecular flexibility index (Phi) is 3.16. The molecule has 0 atom stereocenters. The van der Waals surface area contributed by atoms with E-state index in [1.165, 1.54) is 0 Å². The van der Waals surface area contributed by atoms with Gasteiger partial charge in [-0.3, -0.25) is 0 Å². The van der Waals surface area contributed by atoms with E-state index in [-0.39, 0.29) is 0 Å². The first kappa shape index (κ1) is 10.6. The van der Waals surface area contributed by atoms with Gasteiger partial charge in [0.25, 0.3) is 0 Å². The zero-order chi connectivity index (χ0) is 11.4. The fourth-order valence-electron chi connectivity index (χ4n) is 1.27. The Morgan fingerprint density at radius 2 is 2.06 bits per heavy atom. The number of hydrogen-bond donors (Lipinski definition) is 2. The van der Waals surface area contributed by atoms with E-state index in [1.54, 1.807) is 6.26 Å². The average molecular weight is 233 g/mol. The summed E-state index contributed by atoms with van der Waals surface area (Å²) in [5.74, 6) is 0. The first-order valence-corrected chi connectivity index (χ1v) is 5.19. The molecule has 1 aromatic heterocycles. The summed E-state index contributed by atoms with van der Waals surface area (Å²) in [6.45, 7) is 0.628. The molecule has 5 heteroatoms. The van der Waals surface area contributed by atoms with Crippen LogP contribution in [0.4, 0.5) is 5.69 Å². The number of thiocarbonyl (C=S) groups is 1. The number of aromatic nitrogens is 1. The van der Waals surface area contributed by atoms with E-state index >= 15 is 0 Å². The van der Waals surface area contributed by atoms with Crippen LogP contribution in [0.5, 0.6) is 0 Å². The highest BCUT2D eigenvalue weighted by molar-refractivity contribution is 7.80. The zero-order valence-corrected chi connectivity index (χ0v) is 9.33. The Balaban J connectivity index is 1.98. The third kappa shape index (κ3) is 2.58. The summed E-state index contributed by atoms with van der Waals surface area (Å²) in [4.78, 5) is 0.406. The van der Waals surface area contributed by atoms with Crippen LogP contribution in [0.25, 0.3) is 0 Å². The number of benzene rings is 1. The molecule has 16 heavy (non-hydrogen) atoms. The molecule has 4 nitrogen and oxygen atoms in total. The largest absolute Gasteiger partial charge is 0.389 e. The molecule has 0 aliphatic carbocycles. The van der Waals surface area contributed by atoms with Gasteiger partial charge in [0.05, 0.1) is 6.54 Å². The maximum Gasteiger partial charge on any atom is 0.124 e. The van der Waals surface area contributed by atoms with Gasteiger partial charge in [0.2, 0.25) is 0 Å². The number of nitrogens with two attached hydrogens (primary N) is 1. The van der Waals surface area contributed by atoms with Crippen molar-refractivity contribution in [2.75, 3.05) is 5.32 Å². The van der Waals surface area contributed by atoms with Crippen molar-refractivity contribution in [1.82, 2.24) is 5.16 Å². The Hall–Kier alpha value is -1.88. The van der Waals surface area contributed by atoms with Crippen molar-refractivity contribution < 1.29 is 4.52 Å². The van der Waals surface area contributed by atoms with Crippen molar-refractivity contribution in [1.29, 1.82) is 0 Å². The van der Waals surface area contributed by atoms with E-state index in [4.69, 9.17) is 22.5 Å². The molecule has 0 aliphatic heterocycles. The number of hydrogen-bond acceptors (Lipinski definition) is 4. The standard InChI is InChI=1S/C11H11N3OS/c12-11(16)8-1-3-9(4-2-8)13-7-10-5-6-15-14-10/h1-6,13H,7H2,(H2,12,16). The van der Waals surface area contributed by atoms with Gasteiger partial charge in [0.15, 0.2) is 0 Å². The van der Waals surface area contributed by atoms with E-state index in [1.807, 2.05) is 30.3 Å². The molecule has 0 spiro atoms. The number of nitrogens with one attached hydrogen (secondary N) is 1. The van der Waals surface area contributed by atoms with Crippen molar-refractivity contribution in [3.63, 3.8) is 0 Å². The van der Waals surface area contributed by atoms with Gasteiger partial charge in [0, 0.05) is 17.3 Å². The second-order valence-corrected chi connectivity index (χ2v) is 3.73. The Morgan fingerprint density at radius 3 is 2.62 bits per heavy atom. The van der Waals surface area contributed by atoms with Crippen molar-refractivity contribution in [2.45, 2.75) is 6.54 Å². The summed E-state index contributed by atoms with van der Waals surface area (Å²) in [6.07, 6.45) is 1.55. The third-order valence-electron chi connectivity index (χ3n) is 2.13. The van der Waals surface area contributed by atoms with Crippen LogP contribution in [-0.4, -0.2) is 10.1 Å². The maximum atomic E-state index is 5.50. The summed E-state index contributed by atoms with van der Waals surface area (Å²) < 4.78 is 4.73. The van der Waals surface area contributed by atoms with Crippen LogP contribution in [0.2, 0.25) is 0 Å². The van der Waals surface area contributed by atoms with E-state index in [9.17, 15) is 0 Å². The molecule has 1 aromatic carbocycles. The van der Waals surface area contributed by atoms with Crippen LogP contribution in [0.3, 0.4) is 0 Å². The third-order valence-corrected chi connectivity index (χ3v) is 2.37. The minimum atomic E-state index is 0.406. The fraction of sp³-hybridized carbons (Fsp3) is 0.0909. The SMILES string of the molecule is NC(=S)c1ccc(NCc2ccon2)cc1. The molecule has 82 valence electrons. The summed E-state index contributed by atoms with van der Waals surface area (Å²) in [5, 5.41) is 7.01. The Morgan fingerprint density at radius 1 is 1.31 bits per heavy atom. The molecule has 0 aliphatic rings. The quantitative estimate of drug-likeness (QED) is 0.790. The molecule has 0 saturated carbocycles. The van der Waals surface area contributed by atoms with Crippen molar-refractivity contribution in [2.24, 2.45) is 5.73 Å². The first-order valence-electron chi connectivity index (χ1n) is 4.79. The Bertz CT molecular complexity index is 464. The monoisotopic (exact) mass is 233 g/mol. The van der Waals surface area contributed by atoms with Crippen LogP contribution in [0.1, 0.15) is 11.3 Å². The number of rotatable bonds is 4. The normalized spacial score (nSPS) is 10.0. The zero-order valence-electron chi connectivity index (χ0n) is 8.51. The van der Waals surface area contributed by atoms with Crippen molar-refractivity contribution >= 4 is 22.9 Å². The minimum Gasteiger partial charge on any atom is -0.389 e. The van der Waals surface area contributed by atoms with E-state index in [2.05, 4.69) is 10.5 Å². The summed E-state index contributed by atoms with van der Waals surface area (Å²) >= 11 is 4.87. The van der Waals surface area contributed by atoms with Gasteiger partial charge in [-0.2, -0.15) is 0 Å². The molecule has 0 fully saturated rings. The van der Waals surface area contributed by atoms with E-state index in [0.29, 0.717) is 11.5 Å². The predicted molar refractivity (Wildman–Crippen MR) is 66.2 cm³/mol. The molecule has 0 amide bonds. The molecular formula is C11H11N3OS. The van der Waals surface area contributed by atoms with Gasteiger partial charge < -0.3 is 15.6 Å². The highest BCUT2D eigenvalue weighted by Crippen LogP contribution is 2.10. The van der Waals surface area contributed by atoms with Gasteiger partial charge in [-0.1, -0.05) is 17.4 Å². The van der Waals surface area contributed by atoms with Crippen LogP contribution in [0.15, 0.2) is 41.1 Å². The van der Waals surface area contributed by atoms with Gasteiger partial charge in [-0.15, -0.1) is 0 Å². The first-order chi connectivity index (χ1) is 7.75. The molecule has 3 N–H and O–H groups in total. The smallest absolute Gasteiger partial charge is 0.124 e. The summed E-state index contributed by atoms with van der Waals surface area (Å²) in [7, 11) is 0. The van der Waals surface area contributed by atoms with Gasteiger partial charge in [-0.25, -0.2) is 0 Å². The summed E-state index contributed by atoms with van der Waals surface area (Å²) in [6, 6.07) is 9.43. The van der Waals surface area contributed by atoms with Crippen LogP contribution in [-0.2, 0) is 6.54 Å². The average Bonchev–Trinajstić information content (AvgIpc) is 2.80. The Labute approximate surface area is 98.4 Å².